The van der Waals surface area contributed by atoms with Crippen LogP contribution in [0.1, 0.15) is 38.5 Å². The van der Waals surface area contributed by atoms with Crippen molar-refractivity contribution in [1.82, 2.24) is 4.90 Å². The van der Waals surface area contributed by atoms with Gasteiger partial charge in [0.1, 0.15) is 0 Å². The quantitative estimate of drug-likeness (QED) is 0.818. The molecule has 0 spiro atoms. The third-order valence-electron chi connectivity index (χ3n) is 3.86. The summed E-state index contributed by atoms with van der Waals surface area (Å²) >= 11 is 5.86. The van der Waals surface area contributed by atoms with E-state index < -0.39 is 0 Å². The number of nitrogens with zero attached hydrogens (tertiary/aromatic N) is 1. The number of carbonyl (C=O) groups excluding carboxylic acids is 1. The summed E-state index contributed by atoms with van der Waals surface area (Å²) in [5.41, 5.74) is 6.91. The molecule has 1 aliphatic heterocycles. The van der Waals surface area contributed by atoms with E-state index >= 15 is 0 Å². The molecule has 0 saturated carbocycles. The summed E-state index contributed by atoms with van der Waals surface area (Å²) in [6.07, 6.45) is 6.70. The molecule has 1 saturated heterocycles. The number of benzene rings is 1. The minimum absolute atomic E-state index is 0.0338. The number of rotatable bonds is 5. The van der Waals surface area contributed by atoms with E-state index in [9.17, 15) is 4.79 Å². The van der Waals surface area contributed by atoms with Gasteiger partial charge in [-0.3, -0.25) is 4.79 Å². The zero-order chi connectivity index (χ0) is 15.1. The number of nitrogen functional groups attached to an aromatic ring is 1. The van der Waals surface area contributed by atoms with Crippen molar-refractivity contribution in [2.24, 2.45) is 0 Å². The Balaban J connectivity index is 1.70. The minimum Gasteiger partial charge on any atom is -0.397 e. The van der Waals surface area contributed by atoms with Crippen LogP contribution >= 0.6 is 11.6 Å². The molecule has 1 fully saturated rings. The first-order valence-corrected chi connectivity index (χ1v) is 8.10. The lowest BCUT2D eigenvalue weighted by atomic mass is 10.2. The molecule has 0 radical (unpaired) electrons. The summed E-state index contributed by atoms with van der Waals surface area (Å²) in [5.74, 6) is 0.0338. The maximum Gasteiger partial charge on any atom is 0.224 e. The van der Waals surface area contributed by atoms with Gasteiger partial charge >= 0.3 is 0 Å². The highest BCUT2D eigenvalue weighted by molar-refractivity contribution is 6.33. The molecule has 0 atom stereocenters. The van der Waals surface area contributed by atoms with Gasteiger partial charge in [0, 0.05) is 12.1 Å². The van der Waals surface area contributed by atoms with Crippen molar-refractivity contribution in [3.8, 4) is 0 Å². The van der Waals surface area contributed by atoms with E-state index in [0.29, 0.717) is 22.8 Å². The summed E-state index contributed by atoms with van der Waals surface area (Å²) in [6, 6.07) is 5.16. The van der Waals surface area contributed by atoms with E-state index in [2.05, 4.69) is 10.2 Å². The Morgan fingerprint density at radius 2 is 1.95 bits per heavy atom. The van der Waals surface area contributed by atoms with Gasteiger partial charge in [0.15, 0.2) is 0 Å². The Bertz CT molecular complexity index is 471. The smallest absolute Gasteiger partial charge is 0.224 e. The van der Waals surface area contributed by atoms with Crippen LogP contribution in [0.2, 0.25) is 5.02 Å². The maximum atomic E-state index is 11.9. The standard InChI is InChI=1S/C16H24ClN3O/c17-14-8-7-13(12-15(14)18)19-16(21)6-5-11-20-9-3-1-2-4-10-20/h7-8,12H,1-6,9-11,18H2,(H,19,21). The summed E-state index contributed by atoms with van der Waals surface area (Å²) in [4.78, 5) is 14.4. The highest BCUT2D eigenvalue weighted by Crippen LogP contribution is 2.22. The Labute approximate surface area is 131 Å². The molecule has 5 heteroatoms. The molecule has 1 aliphatic rings. The van der Waals surface area contributed by atoms with Gasteiger partial charge in [-0.2, -0.15) is 0 Å². The number of anilines is 2. The first kappa shape index (κ1) is 16.1. The third-order valence-corrected chi connectivity index (χ3v) is 4.20. The number of halogens is 1. The van der Waals surface area contributed by atoms with Crippen molar-refractivity contribution >= 4 is 28.9 Å². The Morgan fingerprint density at radius 3 is 2.62 bits per heavy atom. The van der Waals surface area contributed by atoms with Crippen molar-refractivity contribution in [2.45, 2.75) is 38.5 Å². The second-order valence-electron chi connectivity index (χ2n) is 5.64. The Morgan fingerprint density at radius 1 is 1.24 bits per heavy atom. The fourth-order valence-electron chi connectivity index (χ4n) is 2.67. The van der Waals surface area contributed by atoms with E-state index in [1.165, 1.54) is 38.8 Å². The van der Waals surface area contributed by atoms with Gasteiger partial charge in [0.2, 0.25) is 5.91 Å². The number of likely N-dealkylation sites (tertiary alicyclic amines) is 1. The van der Waals surface area contributed by atoms with Gasteiger partial charge in [0.05, 0.1) is 10.7 Å². The van der Waals surface area contributed by atoms with E-state index in [-0.39, 0.29) is 5.91 Å². The lowest BCUT2D eigenvalue weighted by Crippen LogP contribution is -2.26. The van der Waals surface area contributed by atoms with Gasteiger partial charge < -0.3 is 16.0 Å². The predicted molar refractivity (Wildman–Crippen MR) is 88.6 cm³/mol. The van der Waals surface area contributed by atoms with Crippen LogP contribution in [0.25, 0.3) is 0 Å². The van der Waals surface area contributed by atoms with Crippen LogP contribution in [0.3, 0.4) is 0 Å². The average Bonchev–Trinajstić information content (AvgIpc) is 2.72. The van der Waals surface area contributed by atoms with Crippen LogP contribution in [0.4, 0.5) is 11.4 Å². The van der Waals surface area contributed by atoms with Gasteiger partial charge in [-0.05, 0) is 57.1 Å². The second kappa shape index (κ2) is 8.25. The zero-order valence-corrected chi connectivity index (χ0v) is 13.2. The van der Waals surface area contributed by atoms with E-state index in [0.717, 1.165) is 13.0 Å². The topological polar surface area (TPSA) is 58.4 Å². The molecule has 0 aromatic heterocycles. The lowest BCUT2D eigenvalue weighted by Gasteiger charge is -2.19. The van der Waals surface area contributed by atoms with Crippen LogP contribution < -0.4 is 11.1 Å². The lowest BCUT2D eigenvalue weighted by molar-refractivity contribution is -0.116. The SMILES string of the molecule is Nc1cc(NC(=O)CCCN2CCCCCC2)ccc1Cl. The Hall–Kier alpha value is -1.26. The first-order chi connectivity index (χ1) is 10.1. The van der Waals surface area contributed by atoms with E-state index in [1.807, 2.05) is 0 Å². The van der Waals surface area contributed by atoms with E-state index in [1.54, 1.807) is 18.2 Å². The Kier molecular flexibility index (Phi) is 6.33. The highest BCUT2D eigenvalue weighted by Gasteiger charge is 2.10. The summed E-state index contributed by atoms with van der Waals surface area (Å²) in [7, 11) is 0. The van der Waals surface area contributed by atoms with Crippen molar-refractivity contribution < 1.29 is 4.79 Å². The molecule has 4 nitrogen and oxygen atoms in total. The van der Waals surface area contributed by atoms with Crippen molar-refractivity contribution in [3.63, 3.8) is 0 Å². The zero-order valence-electron chi connectivity index (χ0n) is 12.4. The van der Waals surface area contributed by atoms with Gasteiger partial charge in [-0.1, -0.05) is 24.4 Å². The molecule has 2 rings (SSSR count). The van der Waals surface area contributed by atoms with Crippen LogP contribution in [0, 0.1) is 0 Å². The summed E-state index contributed by atoms with van der Waals surface area (Å²) in [6.45, 7) is 3.36. The molecular weight excluding hydrogens is 286 g/mol. The molecule has 1 aromatic carbocycles. The fraction of sp³-hybridized carbons (Fsp3) is 0.562. The molecule has 1 amide bonds. The highest BCUT2D eigenvalue weighted by atomic mass is 35.5. The molecule has 1 heterocycles. The number of hydrogen-bond donors (Lipinski definition) is 2. The predicted octanol–water partition coefficient (Wildman–Crippen LogP) is 3.52. The van der Waals surface area contributed by atoms with Gasteiger partial charge in [-0.25, -0.2) is 0 Å². The van der Waals surface area contributed by atoms with E-state index in [4.69, 9.17) is 17.3 Å². The molecule has 0 bridgehead atoms. The van der Waals surface area contributed by atoms with Gasteiger partial charge in [0.25, 0.3) is 0 Å². The first-order valence-electron chi connectivity index (χ1n) is 7.72. The fourth-order valence-corrected chi connectivity index (χ4v) is 2.79. The van der Waals surface area contributed by atoms with Crippen LogP contribution in [0.15, 0.2) is 18.2 Å². The molecule has 1 aromatic rings. The van der Waals surface area contributed by atoms with Crippen molar-refractivity contribution in [2.75, 3.05) is 30.7 Å². The minimum atomic E-state index is 0.0338. The summed E-state index contributed by atoms with van der Waals surface area (Å²) < 4.78 is 0. The number of nitrogens with one attached hydrogen (secondary N) is 1. The van der Waals surface area contributed by atoms with Crippen LogP contribution in [-0.4, -0.2) is 30.4 Å². The third kappa shape index (κ3) is 5.56. The van der Waals surface area contributed by atoms with Crippen molar-refractivity contribution in [1.29, 1.82) is 0 Å². The normalized spacial score (nSPS) is 16.4. The van der Waals surface area contributed by atoms with Crippen molar-refractivity contribution in [3.05, 3.63) is 23.2 Å². The molecule has 116 valence electrons. The van der Waals surface area contributed by atoms with Crippen LogP contribution in [0.5, 0.6) is 0 Å². The summed E-state index contributed by atoms with van der Waals surface area (Å²) in [5, 5.41) is 3.37. The number of amides is 1. The molecule has 3 N–H and O–H groups in total. The molecule has 21 heavy (non-hydrogen) atoms. The number of carbonyl (C=O) groups is 1. The second-order valence-corrected chi connectivity index (χ2v) is 6.05. The molecular formula is C16H24ClN3O. The van der Waals surface area contributed by atoms with Crippen LogP contribution in [-0.2, 0) is 4.79 Å². The monoisotopic (exact) mass is 309 g/mol. The average molecular weight is 310 g/mol. The largest absolute Gasteiger partial charge is 0.397 e. The van der Waals surface area contributed by atoms with Gasteiger partial charge in [-0.15, -0.1) is 0 Å². The number of nitrogens with two attached hydrogens (primary N) is 1. The molecule has 0 unspecified atom stereocenters. The molecule has 0 aliphatic carbocycles. The number of hydrogen-bond acceptors (Lipinski definition) is 3. The maximum absolute atomic E-state index is 11.9.